The number of thiophene rings is 1. The molecule has 0 saturated carbocycles. The Morgan fingerprint density at radius 3 is 2.79 bits per heavy atom. The number of hydrogen-bond donors (Lipinski definition) is 2. The topological polar surface area (TPSA) is 120 Å². The van der Waals surface area contributed by atoms with E-state index in [4.69, 9.17) is 15.2 Å². The van der Waals surface area contributed by atoms with Gasteiger partial charge in [0.2, 0.25) is 0 Å². The second-order valence-corrected chi connectivity index (χ2v) is 8.41. The van der Waals surface area contributed by atoms with Crippen molar-refractivity contribution in [1.82, 2.24) is 24.5 Å². The summed E-state index contributed by atoms with van der Waals surface area (Å²) in [6, 6.07) is 9.45. The number of nitrogens with zero attached hydrogens (tertiary/aromatic N) is 5. The van der Waals surface area contributed by atoms with E-state index in [2.05, 4.69) is 25.3 Å². The normalized spacial score (nSPS) is 14.4. The van der Waals surface area contributed by atoms with E-state index >= 15 is 0 Å². The number of carbonyl (C=O) groups is 1. The summed E-state index contributed by atoms with van der Waals surface area (Å²) in [5.41, 5.74) is 8.33. The van der Waals surface area contributed by atoms with Crippen LogP contribution in [0, 0.1) is 0 Å². The highest BCUT2D eigenvalue weighted by atomic mass is 32.1. The second kappa shape index (κ2) is 9.53. The van der Waals surface area contributed by atoms with Crippen molar-refractivity contribution >= 4 is 34.4 Å². The van der Waals surface area contributed by atoms with Crippen LogP contribution in [0.15, 0.2) is 48.2 Å². The van der Waals surface area contributed by atoms with Crippen LogP contribution in [0.4, 0.5) is 11.5 Å². The molecule has 3 N–H and O–H groups in total. The minimum Gasteiger partial charge on any atom is -0.492 e. The van der Waals surface area contributed by atoms with Crippen LogP contribution < -0.4 is 15.8 Å². The number of rotatable bonds is 8. The van der Waals surface area contributed by atoms with Crippen LogP contribution in [-0.2, 0) is 4.74 Å². The molecule has 10 nitrogen and oxygen atoms in total. The molecule has 0 radical (unpaired) electrons. The number of primary amides is 1. The molecule has 1 amide bonds. The fraction of sp³-hybridized carbons (Fsp3) is 0.273. The van der Waals surface area contributed by atoms with Gasteiger partial charge in [0.25, 0.3) is 5.91 Å². The fourth-order valence-corrected chi connectivity index (χ4v) is 4.34. The lowest BCUT2D eigenvalue weighted by Crippen LogP contribution is -2.38. The predicted octanol–water partition coefficient (Wildman–Crippen LogP) is 2.41. The van der Waals surface area contributed by atoms with E-state index in [-0.39, 0.29) is 0 Å². The van der Waals surface area contributed by atoms with Crippen LogP contribution in [0.3, 0.4) is 0 Å². The standard InChI is InChI=1S/C22H23N7O3S/c23-20(30)19-11-15(13-33-19)18-12-24-21(22-25-14-26-29(18)22)27-16-1-3-17(4-2-16)32-10-7-28-5-8-31-9-6-28/h1-4,11-14H,5-10H2,(H2,23,30)(H,24,27). The van der Waals surface area contributed by atoms with Gasteiger partial charge in [0.1, 0.15) is 18.7 Å². The molecule has 1 aliphatic rings. The van der Waals surface area contributed by atoms with E-state index in [0.717, 1.165) is 55.5 Å². The first-order chi connectivity index (χ1) is 16.2. The van der Waals surface area contributed by atoms with Gasteiger partial charge in [-0.25, -0.2) is 14.5 Å². The lowest BCUT2D eigenvalue weighted by molar-refractivity contribution is 0.0322. The number of benzene rings is 1. The molecule has 0 atom stereocenters. The minimum absolute atomic E-state index is 0.458. The fourth-order valence-electron chi connectivity index (χ4n) is 3.59. The Labute approximate surface area is 194 Å². The average Bonchev–Trinajstić information content (AvgIpc) is 3.52. The molecular weight excluding hydrogens is 442 g/mol. The summed E-state index contributed by atoms with van der Waals surface area (Å²) in [7, 11) is 0. The number of nitrogens with two attached hydrogens (primary N) is 1. The maximum atomic E-state index is 11.4. The van der Waals surface area contributed by atoms with Crippen molar-refractivity contribution in [1.29, 1.82) is 0 Å². The maximum Gasteiger partial charge on any atom is 0.258 e. The van der Waals surface area contributed by atoms with Crippen LogP contribution in [0.2, 0.25) is 0 Å². The monoisotopic (exact) mass is 465 g/mol. The van der Waals surface area contributed by atoms with Crippen LogP contribution in [0.1, 0.15) is 9.67 Å². The van der Waals surface area contributed by atoms with Gasteiger partial charge in [-0.3, -0.25) is 9.69 Å². The van der Waals surface area contributed by atoms with Crippen molar-refractivity contribution in [2.45, 2.75) is 0 Å². The molecule has 0 bridgehead atoms. The summed E-state index contributed by atoms with van der Waals surface area (Å²) < 4.78 is 12.9. The summed E-state index contributed by atoms with van der Waals surface area (Å²) in [5.74, 6) is 0.927. The van der Waals surface area contributed by atoms with Gasteiger partial charge < -0.3 is 20.5 Å². The number of nitrogens with one attached hydrogen (secondary N) is 1. The Morgan fingerprint density at radius 1 is 1.21 bits per heavy atom. The van der Waals surface area contributed by atoms with Crippen LogP contribution in [-0.4, -0.2) is 69.8 Å². The number of ether oxygens (including phenoxy) is 2. The summed E-state index contributed by atoms with van der Waals surface area (Å²) >= 11 is 1.29. The number of aromatic nitrogens is 4. The van der Waals surface area contributed by atoms with Gasteiger partial charge in [-0.2, -0.15) is 5.10 Å². The average molecular weight is 466 g/mol. The van der Waals surface area contributed by atoms with Crippen molar-refractivity contribution in [2.75, 3.05) is 44.8 Å². The number of hydrogen-bond acceptors (Lipinski definition) is 9. The molecule has 0 aliphatic carbocycles. The summed E-state index contributed by atoms with van der Waals surface area (Å²) in [6.45, 7) is 5.00. The van der Waals surface area contributed by atoms with Crippen molar-refractivity contribution in [2.24, 2.45) is 5.73 Å². The van der Waals surface area contributed by atoms with Crippen molar-refractivity contribution in [3.05, 3.63) is 53.1 Å². The van der Waals surface area contributed by atoms with Gasteiger partial charge in [0.15, 0.2) is 11.5 Å². The first kappa shape index (κ1) is 21.3. The lowest BCUT2D eigenvalue weighted by Gasteiger charge is -2.26. The molecule has 1 saturated heterocycles. The molecule has 33 heavy (non-hydrogen) atoms. The van der Waals surface area contributed by atoms with Crippen molar-refractivity contribution in [3.8, 4) is 17.0 Å². The highest BCUT2D eigenvalue weighted by Crippen LogP contribution is 2.28. The summed E-state index contributed by atoms with van der Waals surface area (Å²) in [6.07, 6.45) is 3.17. The second-order valence-electron chi connectivity index (χ2n) is 7.50. The molecule has 4 aromatic rings. The zero-order valence-electron chi connectivity index (χ0n) is 17.8. The highest BCUT2D eigenvalue weighted by molar-refractivity contribution is 7.12. The lowest BCUT2D eigenvalue weighted by atomic mass is 10.2. The number of amides is 1. The van der Waals surface area contributed by atoms with Crippen LogP contribution in [0.5, 0.6) is 5.75 Å². The van der Waals surface area contributed by atoms with E-state index < -0.39 is 5.91 Å². The molecule has 1 aliphatic heterocycles. The van der Waals surface area contributed by atoms with Gasteiger partial charge in [-0.1, -0.05) is 0 Å². The Hall–Kier alpha value is -3.54. The first-order valence-electron chi connectivity index (χ1n) is 10.5. The molecule has 1 fully saturated rings. The number of fused-ring (bicyclic) bond motifs is 1. The third-order valence-electron chi connectivity index (χ3n) is 5.34. The smallest absolute Gasteiger partial charge is 0.258 e. The van der Waals surface area contributed by atoms with Crippen molar-refractivity contribution < 1.29 is 14.3 Å². The van der Waals surface area contributed by atoms with E-state index in [9.17, 15) is 4.79 Å². The van der Waals surface area contributed by atoms with Crippen LogP contribution >= 0.6 is 11.3 Å². The van der Waals surface area contributed by atoms with Gasteiger partial charge in [0.05, 0.1) is 30.0 Å². The zero-order valence-corrected chi connectivity index (χ0v) is 18.6. The van der Waals surface area contributed by atoms with E-state index in [1.807, 2.05) is 29.6 Å². The Morgan fingerprint density at radius 2 is 2.03 bits per heavy atom. The number of anilines is 2. The third-order valence-corrected chi connectivity index (χ3v) is 6.28. The Balaban J connectivity index is 1.26. The summed E-state index contributed by atoms with van der Waals surface area (Å²) in [5, 5.41) is 9.46. The van der Waals surface area contributed by atoms with E-state index in [0.29, 0.717) is 22.9 Å². The van der Waals surface area contributed by atoms with Gasteiger partial charge >= 0.3 is 0 Å². The van der Waals surface area contributed by atoms with Crippen LogP contribution in [0.25, 0.3) is 16.9 Å². The minimum atomic E-state index is -0.458. The Bertz CT molecular complexity index is 1250. The Kier molecular flexibility index (Phi) is 6.15. The molecule has 11 heteroatoms. The van der Waals surface area contributed by atoms with Gasteiger partial charge in [0, 0.05) is 36.3 Å². The quantitative estimate of drug-likeness (QED) is 0.407. The predicted molar refractivity (Wildman–Crippen MR) is 125 cm³/mol. The zero-order chi connectivity index (χ0) is 22.6. The largest absolute Gasteiger partial charge is 0.492 e. The molecular formula is C22H23N7O3S. The molecule has 0 spiro atoms. The van der Waals surface area contributed by atoms with E-state index in [1.165, 1.54) is 17.7 Å². The molecule has 0 unspecified atom stereocenters. The van der Waals surface area contributed by atoms with Gasteiger partial charge in [-0.05, 0) is 30.3 Å². The van der Waals surface area contributed by atoms with Gasteiger partial charge in [-0.15, -0.1) is 11.3 Å². The molecule has 5 rings (SSSR count). The molecule has 3 aromatic heterocycles. The SMILES string of the molecule is NC(=O)c1cc(-c2cnc(Nc3ccc(OCCN4CCOCC4)cc3)c3ncnn23)cs1. The molecule has 170 valence electrons. The maximum absolute atomic E-state index is 11.4. The molecule has 1 aromatic carbocycles. The number of carbonyl (C=O) groups excluding carboxylic acids is 1. The highest BCUT2D eigenvalue weighted by Gasteiger charge is 2.15. The first-order valence-corrected chi connectivity index (χ1v) is 11.4. The van der Waals surface area contributed by atoms with E-state index in [1.54, 1.807) is 16.8 Å². The summed E-state index contributed by atoms with van der Waals surface area (Å²) in [4.78, 5) is 23.1. The third kappa shape index (κ3) is 4.80. The number of morpholine rings is 1. The van der Waals surface area contributed by atoms with Crippen molar-refractivity contribution in [3.63, 3.8) is 0 Å². The molecule has 4 heterocycles.